The van der Waals surface area contributed by atoms with Crippen LogP contribution in [0, 0.1) is 15.9 Å². The fraction of sp³-hybridized carbons (Fsp3) is 0.417. The molecule has 2 aromatic carbocycles. The molecule has 0 N–H and O–H groups in total. The van der Waals surface area contributed by atoms with Crippen molar-refractivity contribution in [2.75, 3.05) is 50.1 Å². The van der Waals surface area contributed by atoms with Gasteiger partial charge in [-0.3, -0.25) is 19.8 Å². The molecule has 4 rings (SSSR count). The number of carbonyl (C=O) groups is 1. The summed E-state index contributed by atoms with van der Waals surface area (Å²) >= 11 is 1.24. The van der Waals surface area contributed by atoms with Gasteiger partial charge in [0.15, 0.2) is 5.13 Å². The van der Waals surface area contributed by atoms with Crippen LogP contribution in [0.2, 0.25) is 0 Å². The quantitative estimate of drug-likeness (QED) is 0.332. The summed E-state index contributed by atoms with van der Waals surface area (Å²) in [5.74, 6) is -0.825. The number of anilines is 2. The second-order valence-electron chi connectivity index (χ2n) is 8.70. The van der Waals surface area contributed by atoms with Crippen molar-refractivity contribution in [2.24, 2.45) is 0 Å². The zero-order valence-corrected chi connectivity index (χ0v) is 20.2. The maximum Gasteiger partial charge on any atom is 0.293 e. The molecule has 1 fully saturated rings. The number of nitro groups is 1. The van der Waals surface area contributed by atoms with Crippen LogP contribution in [0.5, 0.6) is 0 Å². The fourth-order valence-electron chi connectivity index (χ4n) is 4.21. The van der Waals surface area contributed by atoms with E-state index in [4.69, 9.17) is 0 Å². The molecule has 0 spiro atoms. The van der Waals surface area contributed by atoms with E-state index in [2.05, 4.69) is 4.98 Å². The highest BCUT2D eigenvalue weighted by atomic mass is 32.1. The van der Waals surface area contributed by atoms with E-state index in [0.717, 1.165) is 38.9 Å². The first-order valence-corrected chi connectivity index (χ1v) is 12.2. The van der Waals surface area contributed by atoms with Crippen LogP contribution in [0.25, 0.3) is 10.2 Å². The highest BCUT2D eigenvalue weighted by molar-refractivity contribution is 7.22. The maximum atomic E-state index is 14.3. The predicted molar refractivity (Wildman–Crippen MR) is 134 cm³/mol. The summed E-state index contributed by atoms with van der Waals surface area (Å²) in [5, 5.41) is 12.3. The standard InChI is InChI=1S/C24H28FN5O3S/c1-27(2)12-7-15-29(24-26-22-18(25)8-6-9-21(22)34-24)23(31)17-10-11-19(20(16-17)30(32)33)28-13-4-3-5-14-28/h6,8-11,16H,3-5,7,12-15H2,1-2H3. The number of para-hydroxylation sites is 1. The Morgan fingerprint density at radius 2 is 1.94 bits per heavy atom. The van der Waals surface area contributed by atoms with Crippen molar-refractivity contribution in [3.63, 3.8) is 0 Å². The Balaban J connectivity index is 1.69. The van der Waals surface area contributed by atoms with Crippen LogP contribution in [-0.4, -0.2) is 61.0 Å². The lowest BCUT2D eigenvalue weighted by Crippen LogP contribution is -2.34. The SMILES string of the molecule is CN(C)CCCN(C(=O)c1ccc(N2CCCCC2)c([N+](=O)[O-])c1)c1nc2c(F)cccc2s1. The second kappa shape index (κ2) is 10.4. The van der Waals surface area contributed by atoms with Gasteiger partial charge in [0.05, 0.1) is 9.62 Å². The number of hydrogen-bond donors (Lipinski definition) is 0. The van der Waals surface area contributed by atoms with Crippen LogP contribution in [0.1, 0.15) is 36.0 Å². The fourth-order valence-corrected chi connectivity index (χ4v) is 5.21. The van der Waals surface area contributed by atoms with Gasteiger partial charge in [-0.05, 0) is 70.6 Å². The summed E-state index contributed by atoms with van der Waals surface area (Å²) in [4.78, 5) is 35.0. The normalized spacial score (nSPS) is 14.1. The minimum atomic E-state index is -0.442. The summed E-state index contributed by atoms with van der Waals surface area (Å²) in [6.07, 6.45) is 3.77. The predicted octanol–water partition coefficient (Wildman–Crippen LogP) is 4.93. The number of thiazole rings is 1. The number of benzene rings is 2. The average Bonchev–Trinajstić information content (AvgIpc) is 3.27. The van der Waals surface area contributed by atoms with Crippen molar-refractivity contribution in [3.8, 4) is 0 Å². The number of nitro benzene ring substituents is 1. The van der Waals surface area contributed by atoms with Crippen LogP contribution in [0.3, 0.4) is 0 Å². The molecule has 0 atom stereocenters. The maximum absolute atomic E-state index is 14.3. The van der Waals surface area contributed by atoms with Gasteiger partial charge in [0.25, 0.3) is 11.6 Å². The highest BCUT2D eigenvalue weighted by Crippen LogP contribution is 2.34. The molecular weight excluding hydrogens is 457 g/mol. The smallest absolute Gasteiger partial charge is 0.293 e. The van der Waals surface area contributed by atoms with Gasteiger partial charge in [0, 0.05) is 31.3 Å². The molecule has 34 heavy (non-hydrogen) atoms. The number of hydrogen-bond acceptors (Lipinski definition) is 7. The average molecular weight is 486 g/mol. The molecule has 1 saturated heterocycles. The first kappa shape index (κ1) is 24.0. The number of nitrogens with zero attached hydrogens (tertiary/aromatic N) is 5. The minimum Gasteiger partial charge on any atom is -0.366 e. The molecule has 0 saturated carbocycles. The number of carbonyl (C=O) groups excluding carboxylic acids is 1. The first-order chi connectivity index (χ1) is 16.3. The molecule has 0 unspecified atom stereocenters. The molecule has 0 radical (unpaired) electrons. The molecule has 1 amide bonds. The van der Waals surface area contributed by atoms with Crippen molar-refractivity contribution < 1.29 is 14.1 Å². The summed E-state index contributed by atoms with van der Waals surface area (Å²) in [6, 6.07) is 9.39. The first-order valence-electron chi connectivity index (χ1n) is 11.4. The number of amides is 1. The molecule has 0 bridgehead atoms. The number of halogens is 1. The largest absolute Gasteiger partial charge is 0.366 e. The molecule has 1 aromatic heterocycles. The molecule has 1 aliphatic rings. The van der Waals surface area contributed by atoms with Crippen LogP contribution in [0.4, 0.5) is 20.9 Å². The Labute approximate surface area is 201 Å². The van der Waals surface area contributed by atoms with E-state index >= 15 is 0 Å². The summed E-state index contributed by atoms with van der Waals surface area (Å²) in [7, 11) is 3.89. The Kier molecular flexibility index (Phi) is 7.38. The van der Waals surface area contributed by atoms with Gasteiger partial charge in [-0.15, -0.1) is 0 Å². The lowest BCUT2D eigenvalue weighted by atomic mass is 10.1. The number of piperidine rings is 1. The van der Waals surface area contributed by atoms with Gasteiger partial charge in [-0.2, -0.15) is 0 Å². The summed E-state index contributed by atoms with van der Waals surface area (Å²) < 4.78 is 14.9. The van der Waals surface area contributed by atoms with Gasteiger partial charge < -0.3 is 9.80 Å². The van der Waals surface area contributed by atoms with E-state index in [1.807, 2.05) is 23.9 Å². The molecule has 0 aliphatic carbocycles. The van der Waals surface area contributed by atoms with Gasteiger partial charge in [0.1, 0.15) is 17.0 Å². The van der Waals surface area contributed by atoms with Crippen molar-refractivity contribution >= 4 is 44.0 Å². The molecule has 3 aromatic rings. The number of aromatic nitrogens is 1. The van der Waals surface area contributed by atoms with E-state index in [1.54, 1.807) is 24.3 Å². The number of fused-ring (bicyclic) bond motifs is 1. The van der Waals surface area contributed by atoms with E-state index < -0.39 is 10.7 Å². The van der Waals surface area contributed by atoms with Crippen LogP contribution in [-0.2, 0) is 0 Å². The van der Waals surface area contributed by atoms with E-state index in [0.29, 0.717) is 28.5 Å². The van der Waals surface area contributed by atoms with Crippen LogP contribution >= 0.6 is 11.3 Å². The van der Waals surface area contributed by atoms with E-state index in [-0.39, 0.29) is 22.7 Å². The molecule has 2 heterocycles. The Bertz CT molecular complexity index is 1190. The van der Waals surface area contributed by atoms with Crippen molar-refractivity contribution in [1.29, 1.82) is 0 Å². The van der Waals surface area contributed by atoms with Crippen LogP contribution < -0.4 is 9.80 Å². The summed E-state index contributed by atoms with van der Waals surface area (Å²) in [6.45, 7) is 2.64. The van der Waals surface area contributed by atoms with Crippen molar-refractivity contribution in [2.45, 2.75) is 25.7 Å². The topological polar surface area (TPSA) is 82.8 Å². The summed E-state index contributed by atoms with van der Waals surface area (Å²) in [5.41, 5.74) is 0.912. The third-order valence-electron chi connectivity index (χ3n) is 5.94. The van der Waals surface area contributed by atoms with Gasteiger partial charge >= 0.3 is 0 Å². The highest BCUT2D eigenvalue weighted by Gasteiger charge is 2.27. The molecule has 10 heteroatoms. The number of rotatable bonds is 8. The molecule has 8 nitrogen and oxygen atoms in total. The van der Waals surface area contributed by atoms with E-state index in [9.17, 15) is 19.3 Å². The van der Waals surface area contributed by atoms with Crippen molar-refractivity contribution in [1.82, 2.24) is 9.88 Å². The second-order valence-corrected chi connectivity index (χ2v) is 9.71. The Morgan fingerprint density at radius 1 is 1.18 bits per heavy atom. The Morgan fingerprint density at radius 3 is 2.62 bits per heavy atom. The zero-order valence-electron chi connectivity index (χ0n) is 19.4. The molecule has 180 valence electrons. The molecular formula is C24H28FN5O3S. The molecule has 1 aliphatic heterocycles. The van der Waals surface area contributed by atoms with Gasteiger partial charge in [-0.25, -0.2) is 9.37 Å². The minimum absolute atomic E-state index is 0.0728. The lowest BCUT2D eigenvalue weighted by Gasteiger charge is -2.28. The van der Waals surface area contributed by atoms with Gasteiger partial charge in [-0.1, -0.05) is 17.4 Å². The van der Waals surface area contributed by atoms with Gasteiger partial charge in [0.2, 0.25) is 0 Å². The van der Waals surface area contributed by atoms with Crippen LogP contribution in [0.15, 0.2) is 36.4 Å². The Hall–Kier alpha value is -3.11. The third-order valence-corrected chi connectivity index (χ3v) is 6.98. The monoisotopic (exact) mass is 485 g/mol. The lowest BCUT2D eigenvalue weighted by molar-refractivity contribution is -0.384. The third kappa shape index (κ3) is 5.18. The zero-order chi connectivity index (χ0) is 24.2. The van der Waals surface area contributed by atoms with E-state index in [1.165, 1.54) is 28.4 Å². The van der Waals surface area contributed by atoms with Crippen molar-refractivity contribution in [3.05, 3.63) is 57.9 Å².